The van der Waals surface area contributed by atoms with E-state index in [-0.39, 0.29) is 17.3 Å². The van der Waals surface area contributed by atoms with E-state index in [2.05, 4.69) is 5.32 Å². The number of aryl methyl sites for hydroxylation is 2. The van der Waals surface area contributed by atoms with Gasteiger partial charge in [0.2, 0.25) is 5.91 Å². The van der Waals surface area contributed by atoms with Crippen molar-refractivity contribution in [3.05, 3.63) is 58.6 Å². The quantitative estimate of drug-likeness (QED) is 0.716. The second-order valence-corrected chi connectivity index (χ2v) is 9.81. The van der Waals surface area contributed by atoms with Gasteiger partial charge in [0, 0.05) is 10.6 Å². The van der Waals surface area contributed by atoms with Crippen molar-refractivity contribution >= 4 is 33.2 Å². The van der Waals surface area contributed by atoms with Gasteiger partial charge in [-0.1, -0.05) is 42.3 Å². The number of carbonyl (C=O) groups excluding carboxylic acids is 1. The van der Waals surface area contributed by atoms with Crippen LogP contribution in [0.15, 0.2) is 47.4 Å². The molecule has 2 aromatic rings. The standard InChI is InChI=1S/C21H27ClN2O3S/c1-6-21(4,5)23-20(25)14-24(17-10-9-16(3)19(22)13-17)28(26,27)18-11-7-15(2)8-12-18/h7-13H,6,14H2,1-5H3,(H,23,25). The molecule has 0 aliphatic rings. The molecule has 2 rings (SSSR count). The van der Waals surface area contributed by atoms with Crippen molar-refractivity contribution in [2.75, 3.05) is 10.8 Å². The van der Waals surface area contributed by atoms with Crippen LogP contribution in [0.2, 0.25) is 5.02 Å². The van der Waals surface area contributed by atoms with Gasteiger partial charge in [0.1, 0.15) is 6.54 Å². The van der Waals surface area contributed by atoms with Gasteiger partial charge in [0.05, 0.1) is 10.6 Å². The van der Waals surface area contributed by atoms with Crippen LogP contribution in [0.1, 0.15) is 38.3 Å². The van der Waals surface area contributed by atoms with E-state index in [0.29, 0.717) is 10.7 Å². The topological polar surface area (TPSA) is 66.5 Å². The van der Waals surface area contributed by atoms with Gasteiger partial charge in [0.15, 0.2) is 0 Å². The Morgan fingerprint density at radius 1 is 1.11 bits per heavy atom. The number of hydrogen-bond donors (Lipinski definition) is 1. The maximum absolute atomic E-state index is 13.3. The summed E-state index contributed by atoms with van der Waals surface area (Å²) in [6, 6.07) is 11.5. The zero-order chi connectivity index (χ0) is 21.1. The van der Waals surface area contributed by atoms with Crippen LogP contribution in [-0.4, -0.2) is 26.4 Å². The van der Waals surface area contributed by atoms with E-state index >= 15 is 0 Å². The number of halogens is 1. The van der Waals surface area contributed by atoms with Crippen molar-refractivity contribution in [3.63, 3.8) is 0 Å². The summed E-state index contributed by atoms with van der Waals surface area (Å²) in [6.07, 6.45) is 0.722. The molecule has 0 bridgehead atoms. The summed E-state index contributed by atoms with van der Waals surface area (Å²) in [6.45, 7) is 9.13. The van der Waals surface area contributed by atoms with Gasteiger partial charge >= 0.3 is 0 Å². The Kier molecular flexibility index (Phi) is 6.78. The Labute approximate surface area is 172 Å². The average molecular weight is 423 g/mol. The van der Waals surface area contributed by atoms with Crippen molar-refractivity contribution < 1.29 is 13.2 Å². The summed E-state index contributed by atoms with van der Waals surface area (Å²) in [7, 11) is -3.94. The Hall–Kier alpha value is -2.05. The number of carbonyl (C=O) groups is 1. The zero-order valence-electron chi connectivity index (χ0n) is 16.9. The highest BCUT2D eigenvalue weighted by molar-refractivity contribution is 7.92. The summed E-state index contributed by atoms with van der Waals surface area (Å²) >= 11 is 6.22. The monoisotopic (exact) mass is 422 g/mol. The van der Waals surface area contributed by atoms with Gasteiger partial charge in [0.25, 0.3) is 10.0 Å². The molecule has 0 saturated heterocycles. The van der Waals surface area contributed by atoms with Gasteiger partial charge in [-0.2, -0.15) is 0 Å². The molecule has 0 aliphatic carbocycles. The van der Waals surface area contributed by atoms with E-state index in [1.807, 2.05) is 34.6 Å². The molecule has 7 heteroatoms. The molecule has 0 fully saturated rings. The molecule has 5 nitrogen and oxygen atoms in total. The molecule has 0 aliphatic heterocycles. The lowest BCUT2D eigenvalue weighted by Gasteiger charge is -2.28. The molecule has 152 valence electrons. The lowest BCUT2D eigenvalue weighted by molar-refractivity contribution is -0.121. The highest BCUT2D eigenvalue weighted by Gasteiger charge is 2.29. The Balaban J connectivity index is 2.47. The number of hydrogen-bond acceptors (Lipinski definition) is 3. The third-order valence-electron chi connectivity index (χ3n) is 4.70. The number of anilines is 1. The molecule has 0 saturated carbocycles. The molecule has 2 aromatic carbocycles. The molecular formula is C21H27ClN2O3S. The minimum Gasteiger partial charge on any atom is -0.350 e. The number of nitrogens with zero attached hydrogens (tertiary/aromatic N) is 1. The van der Waals surface area contributed by atoms with Crippen molar-refractivity contribution in [3.8, 4) is 0 Å². The molecule has 28 heavy (non-hydrogen) atoms. The van der Waals surface area contributed by atoms with Crippen LogP contribution in [0.25, 0.3) is 0 Å². The number of benzene rings is 2. The van der Waals surface area contributed by atoms with Crippen LogP contribution in [0.4, 0.5) is 5.69 Å². The number of rotatable bonds is 7. The van der Waals surface area contributed by atoms with Crippen molar-refractivity contribution in [1.29, 1.82) is 0 Å². The van der Waals surface area contributed by atoms with Crippen molar-refractivity contribution in [2.45, 2.75) is 51.5 Å². The predicted octanol–water partition coefficient (Wildman–Crippen LogP) is 4.46. The first-order chi connectivity index (χ1) is 13.0. The zero-order valence-corrected chi connectivity index (χ0v) is 18.5. The smallest absolute Gasteiger partial charge is 0.264 e. The van der Waals surface area contributed by atoms with Gasteiger partial charge in [-0.3, -0.25) is 9.10 Å². The number of amides is 1. The molecule has 0 atom stereocenters. The molecule has 0 heterocycles. The molecule has 1 N–H and O–H groups in total. The molecule has 1 amide bonds. The summed E-state index contributed by atoms with van der Waals surface area (Å²) in [4.78, 5) is 12.8. The minimum absolute atomic E-state index is 0.123. The second kappa shape index (κ2) is 8.53. The van der Waals surface area contributed by atoms with E-state index in [1.54, 1.807) is 42.5 Å². The van der Waals surface area contributed by atoms with E-state index in [4.69, 9.17) is 11.6 Å². The van der Waals surface area contributed by atoms with Crippen LogP contribution in [0.5, 0.6) is 0 Å². The maximum Gasteiger partial charge on any atom is 0.264 e. The second-order valence-electron chi connectivity index (χ2n) is 7.54. The third kappa shape index (κ3) is 5.26. The van der Waals surface area contributed by atoms with Crippen molar-refractivity contribution in [2.24, 2.45) is 0 Å². The fourth-order valence-corrected chi connectivity index (χ4v) is 4.11. The summed E-state index contributed by atoms with van der Waals surface area (Å²) in [5.41, 5.74) is 1.70. The molecular weight excluding hydrogens is 396 g/mol. The van der Waals surface area contributed by atoms with E-state index in [1.165, 1.54) is 0 Å². The predicted molar refractivity (Wildman–Crippen MR) is 114 cm³/mol. The first kappa shape index (κ1) is 22.2. The minimum atomic E-state index is -3.94. The Morgan fingerprint density at radius 2 is 1.71 bits per heavy atom. The first-order valence-corrected chi connectivity index (χ1v) is 10.9. The van der Waals surface area contributed by atoms with Gasteiger partial charge in [-0.05, 0) is 63.9 Å². The molecule has 0 radical (unpaired) electrons. The fourth-order valence-electron chi connectivity index (χ4n) is 2.53. The molecule has 0 aromatic heterocycles. The molecule has 0 spiro atoms. The van der Waals surface area contributed by atoms with Crippen molar-refractivity contribution in [1.82, 2.24) is 5.32 Å². The van der Waals surface area contributed by atoms with Gasteiger partial charge in [-0.25, -0.2) is 8.42 Å². The number of sulfonamides is 1. The lowest BCUT2D eigenvalue weighted by Crippen LogP contribution is -2.48. The van der Waals surface area contributed by atoms with Crippen LogP contribution in [-0.2, 0) is 14.8 Å². The van der Waals surface area contributed by atoms with E-state index in [9.17, 15) is 13.2 Å². The fraction of sp³-hybridized carbons (Fsp3) is 0.381. The Bertz CT molecular complexity index is 954. The van der Waals surface area contributed by atoms with Crippen LogP contribution < -0.4 is 9.62 Å². The summed E-state index contributed by atoms with van der Waals surface area (Å²) in [5.74, 6) is -0.376. The summed E-state index contributed by atoms with van der Waals surface area (Å²) < 4.78 is 27.7. The van der Waals surface area contributed by atoms with Crippen LogP contribution in [0, 0.1) is 13.8 Å². The average Bonchev–Trinajstić information content (AvgIpc) is 2.62. The summed E-state index contributed by atoms with van der Waals surface area (Å²) in [5, 5.41) is 3.33. The number of nitrogens with one attached hydrogen (secondary N) is 1. The highest BCUT2D eigenvalue weighted by atomic mass is 35.5. The van der Waals surface area contributed by atoms with Gasteiger partial charge in [-0.15, -0.1) is 0 Å². The van der Waals surface area contributed by atoms with Crippen LogP contribution >= 0.6 is 11.6 Å². The van der Waals surface area contributed by atoms with E-state index < -0.39 is 15.6 Å². The molecule has 0 unspecified atom stereocenters. The third-order valence-corrected chi connectivity index (χ3v) is 6.90. The Morgan fingerprint density at radius 3 is 2.25 bits per heavy atom. The highest BCUT2D eigenvalue weighted by Crippen LogP contribution is 2.28. The van der Waals surface area contributed by atoms with Crippen LogP contribution in [0.3, 0.4) is 0 Å². The van der Waals surface area contributed by atoms with E-state index in [0.717, 1.165) is 21.9 Å². The first-order valence-electron chi connectivity index (χ1n) is 9.13. The SMILES string of the molecule is CCC(C)(C)NC(=O)CN(c1ccc(C)c(Cl)c1)S(=O)(=O)c1ccc(C)cc1. The lowest BCUT2D eigenvalue weighted by atomic mass is 10.0. The normalized spacial score (nSPS) is 11.9. The largest absolute Gasteiger partial charge is 0.350 e. The maximum atomic E-state index is 13.3. The van der Waals surface area contributed by atoms with Gasteiger partial charge < -0.3 is 5.32 Å².